The number of nitrogens with zero attached hydrogens (tertiary/aromatic N) is 1. The molecule has 1 aliphatic heterocycles. The lowest BCUT2D eigenvalue weighted by Gasteiger charge is -2.14. The Hall–Kier alpha value is -3.12. The Bertz CT molecular complexity index is 1130. The second kappa shape index (κ2) is 7.13. The number of ether oxygens (including phenoxy) is 1. The molecule has 2 aromatic carbocycles. The summed E-state index contributed by atoms with van der Waals surface area (Å²) in [6.07, 6.45) is 0.442. The first-order valence-electron chi connectivity index (χ1n) is 8.78. The lowest BCUT2D eigenvalue weighted by atomic mass is 10.1. The fourth-order valence-corrected chi connectivity index (χ4v) is 3.50. The Balaban J connectivity index is 1.42. The molecule has 0 unspecified atom stereocenters. The predicted molar refractivity (Wildman–Crippen MR) is 104 cm³/mol. The normalized spacial score (nSPS) is 13.3. The van der Waals surface area contributed by atoms with Crippen molar-refractivity contribution in [3.8, 4) is 5.75 Å². The zero-order valence-electron chi connectivity index (χ0n) is 15.0. The second-order valence-corrected chi connectivity index (χ2v) is 6.94. The van der Waals surface area contributed by atoms with Crippen LogP contribution in [0.1, 0.15) is 32.7 Å². The van der Waals surface area contributed by atoms with Gasteiger partial charge in [-0.2, -0.15) is 0 Å². The number of amides is 2. The zero-order chi connectivity index (χ0) is 19.8. The van der Waals surface area contributed by atoms with Gasteiger partial charge in [0.15, 0.2) is 0 Å². The fourth-order valence-electron chi connectivity index (χ4n) is 3.28. The average molecular weight is 398 g/mol. The van der Waals surface area contributed by atoms with E-state index in [4.69, 9.17) is 20.8 Å². The molecule has 3 aromatic rings. The third-order valence-corrected chi connectivity index (χ3v) is 4.96. The summed E-state index contributed by atoms with van der Waals surface area (Å²) in [6.45, 7) is 2.29. The van der Waals surface area contributed by atoms with E-state index in [-0.39, 0.29) is 25.0 Å². The van der Waals surface area contributed by atoms with Crippen molar-refractivity contribution in [2.24, 2.45) is 0 Å². The minimum absolute atomic E-state index is 0.242. The van der Waals surface area contributed by atoms with Crippen LogP contribution in [-0.2, 0) is 0 Å². The molecule has 6 nitrogen and oxygen atoms in total. The first-order valence-corrected chi connectivity index (χ1v) is 9.15. The molecule has 2 heterocycles. The monoisotopic (exact) mass is 397 g/mol. The lowest BCUT2D eigenvalue weighted by molar-refractivity contribution is 0.0647. The molecule has 0 atom stereocenters. The van der Waals surface area contributed by atoms with Gasteiger partial charge < -0.3 is 9.15 Å². The summed E-state index contributed by atoms with van der Waals surface area (Å²) in [5, 5.41) is 1.13. The molecule has 1 aromatic heterocycles. The minimum Gasteiger partial charge on any atom is -0.492 e. The Morgan fingerprint density at radius 2 is 1.71 bits per heavy atom. The lowest BCUT2D eigenvalue weighted by Crippen LogP contribution is -2.31. The van der Waals surface area contributed by atoms with E-state index >= 15 is 0 Å². The zero-order valence-corrected chi connectivity index (χ0v) is 15.8. The molecule has 0 N–H and O–H groups in total. The van der Waals surface area contributed by atoms with Crippen molar-refractivity contribution in [3.05, 3.63) is 74.6 Å². The maximum absolute atomic E-state index is 12.3. The molecule has 142 valence electrons. The molecular weight excluding hydrogens is 382 g/mol. The number of carbonyl (C=O) groups is 2. The van der Waals surface area contributed by atoms with E-state index in [0.29, 0.717) is 33.9 Å². The predicted octanol–water partition coefficient (Wildman–Crippen LogP) is 3.82. The standard InChI is InChI=1S/C21H16ClNO5/c1-12-9-19(24)28-17-11-18(16(22)10-15(12)17)27-8-4-7-23-20(25)13-5-2-3-6-14(13)21(23)26/h2-3,5-6,9-11H,4,7-8H2,1H3. The van der Waals surface area contributed by atoms with E-state index in [1.807, 2.05) is 0 Å². The number of hydrogen-bond donors (Lipinski definition) is 0. The number of aryl methyl sites for hydroxylation is 1. The highest BCUT2D eigenvalue weighted by Gasteiger charge is 2.34. The second-order valence-electron chi connectivity index (χ2n) is 6.54. The molecule has 0 saturated carbocycles. The van der Waals surface area contributed by atoms with E-state index in [1.165, 1.54) is 11.0 Å². The summed E-state index contributed by atoms with van der Waals surface area (Å²) in [5.41, 5.74) is 1.58. The van der Waals surface area contributed by atoms with Crippen molar-refractivity contribution in [1.29, 1.82) is 0 Å². The first kappa shape index (κ1) is 18.3. The summed E-state index contributed by atoms with van der Waals surface area (Å²) < 4.78 is 10.9. The van der Waals surface area contributed by atoms with Crippen molar-refractivity contribution in [1.82, 2.24) is 4.90 Å². The van der Waals surface area contributed by atoms with Crippen LogP contribution in [0.2, 0.25) is 5.02 Å². The Kier molecular flexibility index (Phi) is 4.65. The van der Waals surface area contributed by atoms with Crippen LogP contribution in [0, 0.1) is 6.92 Å². The molecule has 0 radical (unpaired) electrons. The van der Waals surface area contributed by atoms with Crippen molar-refractivity contribution in [3.63, 3.8) is 0 Å². The molecule has 0 spiro atoms. The number of hydrogen-bond acceptors (Lipinski definition) is 5. The minimum atomic E-state index is -0.441. The van der Waals surface area contributed by atoms with Crippen LogP contribution in [0.3, 0.4) is 0 Å². The first-order chi connectivity index (χ1) is 13.5. The van der Waals surface area contributed by atoms with E-state index in [0.717, 1.165) is 10.9 Å². The highest BCUT2D eigenvalue weighted by atomic mass is 35.5. The number of fused-ring (bicyclic) bond motifs is 2. The number of carbonyl (C=O) groups excluding carboxylic acids is 2. The summed E-state index contributed by atoms with van der Waals surface area (Å²) in [7, 11) is 0. The van der Waals surface area contributed by atoms with Gasteiger partial charge in [0.1, 0.15) is 11.3 Å². The highest BCUT2D eigenvalue weighted by molar-refractivity contribution is 6.32. The van der Waals surface area contributed by atoms with E-state index < -0.39 is 5.63 Å². The Morgan fingerprint density at radius 1 is 1.04 bits per heavy atom. The molecule has 0 bridgehead atoms. The van der Waals surface area contributed by atoms with Crippen molar-refractivity contribution in [2.45, 2.75) is 13.3 Å². The number of halogens is 1. The maximum atomic E-state index is 12.3. The van der Waals surface area contributed by atoms with E-state index in [1.54, 1.807) is 43.3 Å². The van der Waals surface area contributed by atoms with Gasteiger partial charge in [-0.25, -0.2) is 4.79 Å². The smallest absolute Gasteiger partial charge is 0.336 e. The Labute approximate surface area is 165 Å². The van der Waals surface area contributed by atoms with Crippen LogP contribution in [0.4, 0.5) is 0 Å². The molecule has 28 heavy (non-hydrogen) atoms. The number of imide groups is 1. The summed E-state index contributed by atoms with van der Waals surface area (Å²) in [5.74, 6) is -0.201. The van der Waals surface area contributed by atoms with Crippen LogP contribution in [0.25, 0.3) is 11.0 Å². The van der Waals surface area contributed by atoms with Gasteiger partial charge in [-0.15, -0.1) is 0 Å². The van der Waals surface area contributed by atoms with Crippen molar-refractivity contribution < 1.29 is 18.7 Å². The van der Waals surface area contributed by atoms with Crippen molar-refractivity contribution in [2.75, 3.05) is 13.2 Å². The number of rotatable bonds is 5. The van der Waals surface area contributed by atoms with E-state index in [2.05, 4.69) is 0 Å². The van der Waals surface area contributed by atoms with Gasteiger partial charge in [-0.1, -0.05) is 23.7 Å². The van der Waals surface area contributed by atoms with Gasteiger partial charge in [0.05, 0.1) is 22.8 Å². The van der Waals surface area contributed by atoms with E-state index in [9.17, 15) is 14.4 Å². The van der Waals surface area contributed by atoms with Gasteiger partial charge in [-0.05, 0) is 37.1 Å². The topological polar surface area (TPSA) is 76.8 Å². The van der Waals surface area contributed by atoms with Crippen LogP contribution in [0.5, 0.6) is 5.75 Å². The summed E-state index contributed by atoms with van der Waals surface area (Å²) in [6, 6.07) is 11.4. The number of benzene rings is 2. The maximum Gasteiger partial charge on any atom is 0.336 e. The molecular formula is C21H16ClNO5. The molecule has 2 amide bonds. The molecule has 0 fully saturated rings. The van der Waals surface area contributed by atoms with Crippen molar-refractivity contribution >= 4 is 34.4 Å². The molecule has 0 saturated heterocycles. The quantitative estimate of drug-likeness (QED) is 0.371. The summed E-state index contributed by atoms with van der Waals surface area (Å²) in [4.78, 5) is 37.4. The molecule has 4 rings (SSSR count). The Morgan fingerprint density at radius 3 is 2.39 bits per heavy atom. The van der Waals surface area contributed by atoms with Gasteiger partial charge in [-0.3, -0.25) is 14.5 Å². The van der Waals surface area contributed by atoms with Crippen LogP contribution in [-0.4, -0.2) is 29.9 Å². The van der Waals surface area contributed by atoms with Gasteiger partial charge in [0.25, 0.3) is 11.8 Å². The van der Waals surface area contributed by atoms with Gasteiger partial charge in [0, 0.05) is 24.1 Å². The van der Waals surface area contributed by atoms with Crippen LogP contribution < -0.4 is 10.4 Å². The van der Waals surface area contributed by atoms with Crippen LogP contribution in [0.15, 0.2) is 51.7 Å². The average Bonchev–Trinajstić information content (AvgIpc) is 2.91. The SMILES string of the molecule is Cc1cc(=O)oc2cc(OCCCN3C(=O)c4ccccc4C3=O)c(Cl)cc12. The molecule has 0 aliphatic carbocycles. The summed E-state index contributed by atoms with van der Waals surface area (Å²) >= 11 is 6.26. The third kappa shape index (κ3) is 3.16. The highest BCUT2D eigenvalue weighted by Crippen LogP contribution is 2.31. The van der Waals surface area contributed by atoms with Gasteiger partial charge in [0.2, 0.25) is 0 Å². The third-order valence-electron chi connectivity index (χ3n) is 4.67. The van der Waals surface area contributed by atoms with Crippen LogP contribution >= 0.6 is 11.6 Å². The van der Waals surface area contributed by atoms with Gasteiger partial charge >= 0.3 is 5.63 Å². The molecule has 1 aliphatic rings. The largest absolute Gasteiger partial charge is 0.492 e. The fraction of sp³-hybridized carbons (Fsp3) is 0.190. The molecule has 7 heteroatoms.